The number of carbonyl (C=O) groups is 1. The van der Waals surface area contributed by atoms with Gasteiger partial charge in [-0.1, -0.05) is 39.0 Å². The highest BCUT2D eigenvalue weighted by molar-refractivity contribution is 14.0. The average Bonchev–Trinajstić information content (AvgIpc) is 3.00. The summed E-state index contributed by atoms with van der Waals surface area (Å²) < 4.78 is 1.96. The van der Waals surface area contributed by atoms with Gasteiger partial charge in [-0.3, -0.25) is 4.79 Å². The van der Waals surface area contributed by atoms with Gasteiger partial charge in [0.1, 0.15) is 0 Å². The number of aryl methyl sites for hydroxylation is 2. The Labute approximate surface area is 197 Å². The number of halogens is 1. The monoisotopic (exact) mass is 526 g/mol. The first-order valence-electron chi connectivity index (χ1n) is 10.1. The summed E-state index contributed by atoms with van der Waals surface area (Å²) in [5.41, 5.74) is 3.84. The number of amides is 1. The molecule has 0 fully saturated rings. The third-order valence-corrected chi connectivity index (χ3v) is 4.37. The van der Waals surface area contributed by atoms with Crippen LogP contribution < -0.4 is 16.0 Å². The third-order valence-electron chi connectivity index (χ3n) is 4.37. The van der Waals surface area contributed by atoms with Crippen molar-refractivity contribution in [3.63, 3.8) is 0 Å². The molecule has 1 aromatic heterocycles. The highest BCUT2D eigenvalue weighted by Crippen LogP contribution is 2.17. The van der Waals surface area contributed by atoms with Crippen molar-refractivity contribution in [2.45, 2.75) is 48.1 Å². The molecular weight excluding hydrogens is 491 g/mol. The first-order valence-corrected chi connectivity index (χ1v) is 10.1. The molecule has 1 amide bonds. The minimum Gasteiger partial charge on any atom is -0.357 e. The van der Waals surface area contributed by atoms with Gasteiger partial charge < -0.3 is 16.0 Å². The third kappa shape index (κ3) is 7.62. The second kappa shape index (κ2) is 11.9. The number of nitrogens with zero attached hydrogens (tertiary/aromatic N) is 3. The molecular formula is C22H35IN6O. The van der Waals surface area contributed by atoms with Gasteiger partial charge in [0.05, 0.1) is 17.9 Å². The molecule has 3 N–H and O–H groups in total. The van der Waals surface area contributed by atoms with E-state index >= 15 is 0 Å². The van der Waals surface area contributed by atoms with Crippen LogP contribution in [0.25, 0.3) is 5.69 Å². The number of aliphatic imine (C=N–C) groups is 1. The van der Waals surface area contributed by atoms with Crippen LogP contribution in [0.3, 0.4) is 0 Å². The zero-order chi connectivity index (χ0) is 21.4. The Hall–Kier alpha value is -2.10. The van der Waals surface area contributed by atoms with E-state index in [9.17, 15) is 4.79 Å². The van der Waals surface area contributed by atoms with E-state index in [0.717, 1.165) is 35.1 Å². The smallest absolute Gasteiger partial charge is 0.225 e. The van der Waals surface area contributed by atoms with Crippen LogP contribution in [-0.4, -0.2) is 41.3 Å². The van der Waals surface area contributed by atoms with Crippen molar-refractivity contribution in [2.24, 2.45) is 10.4 Å². The molecule has 0 aliphatic rings. The van der Waals surface area contributed by atoms with Gasteiger partial charge in [0, 0.05) is 30.7 Å². The standard InChI is InChI=1S/C22H34N6O.HI/c1-7-23-21(25-13-12-24-20(29)22(4,5)6)26-15-18-10-8-9-11-19(18)28-17(3)14-16(2)27-28;/h8-11,14H,7,12-13,15H2,1-6H3,(H,24,29)(H2,23,25,26);1H. The molecule has 1 heterocycles. The summed E-state index contributed by atoms with van der Waals surface area (Å²) in [6, 6.07) is 10.2. The van der Waals surface area contributed by atoms with Gasteiger partial charge in [-0.2, -0.15) is 5.10 Å². The number of guanidine groups is 1. The fraction of sp³-hybridized carbons (Fsp3) is 0.500. The number of hydrogen-bond acceptors (Lipinski definition) is 3. The molecule has 2 aromatic rings. The van der Waals surface area contributed by atoms with Crippen LogP contribution in [0.15, 0.2) is 35.3 Å². The molecule has 2 rings (SSSR count). The van der Waals surface area contributed by atoms with Crippen LogP contribution in [0.5, 0.6) is 0 Å². The minimum atomic E-state index is -0.384. The number of carbonyl (C=O) groups excluding carboxylic acids is 1. The molecule has 0 aliphatic heterocycles. The Kier molecular flexibility index (Phi) is 10.3. The lowest BCUT2D eigenvalue weighted by molar-refractivity contribution is -0.128. The van der Waals surface area contributed by atoms with Gasteiger partial charge in [-0.15, -0.1) is 24.0 Å². The summed E-state index contributed by atoms with van der Waals surface area (Å²) in [5.74, 6) is 0.765. The number of aromatic nitrogens is 2. The quantitative estimate of drug-likeness (QED) is 0.224. The van der Waals surface area contributed by atoms with Crippen LogP contribution in [0.1, 0.15) is 44.6 Å². The van der Waals surface area contributed by atoms with E-state index in [4.69, 9.17) is 4.99 Å². The first-order chi connectivity index (χ1) is 13.7. The molecule has 8 heteroatoms. The predicted octanol–water partition coefficient (Wildman–Crippen LogP) is 3.32. The Morgan fingerprint density at radius 3 is 2.37 bits per heavy atom. The van der Waals surface area contributed by atoms with Gasteiger partial charge >= 0.3 is 0 Å². The van der Waals surface area contributed by atoms with Crippen molar-refractivity contribution in [3.8, 4) is 5.69 Å². The van der Waals surface area contributed by atoms with Crippen LogP contribution in [-0.2, 0) is 11.3 Å². The molecule has 0 saturated carbocycles. The van der Waals surface area contributed by atoms with Gasteiger partial charge in [0.15, 0.2) is 5.96 Å². The Morgan fingerprint density at radius 1 is 1.10 bits per heavy atom. The van der Waals surface area contributed by atoms with Crippen LogP contribution in [0.2, 0.25) is 0 Å². The number of para-hydroxylation sites is 1. The van der Waals surface area contributed by atoms with E-state index in [0.29, 0.717) is 19.6 Å². The fourth-order valence-electron chi connectivity index (χ4n) is 2.85. The minimum absolute atomic E-state index is 0. The molecule has 0 radical (unpaired) electrons. The lowest BCUT2D eigenvalue weighted by Crippen LogP contribution is -2.43. The normalized spacial score (nSPS) is 11.6. The number of benzene rings is 1. The van der Waals surface area contributed by atoms with Crippen molar-refractivity contribution in [3.05, 3.63) is 47.3 Å². The lowest BCUT2D eigenvalue weighted by atomic mass is 9.96. The molecule has 166 valence electrons. The van der Waals surface area contributed by atoms with Crippen molar-refractivity contribution in [1.82, 2.24) is 25.7 Å². The summed E-state index contributed by atoms with van der Waals surface area (Å²) in [7, 11) is 0. The van der Waals surface area contributed by atoms with Crippen molar-refractivity contribution in [2.75, 3.05) is 19.6 Å². The second-order valence-corrected chi connectivity index (χ2v) is 8.10. The fourth-order valence-corrected chi connectivity index (χ4v) is 2.85. The molecule has 30 heavy (non-hydrogen) atoms. The Balaban J connectivity index is 0.00000450. The van der Waals surface area contributed by atoms with Crippen molar-refractivity contribution < 1.29 is 4.79 Å². The average molecular weight is 526 g/mol. The SMILES string of the molecule is CCNC(=NCc1ccccc1-n1nc(C)cc1C)NCCNC(=O)C(C)(C)C.I. The molecule has 0 bridgehead atoms. The Morgan fingerprint density at radius 2 is 1.77 bits per heavy atom. The van der Waals surface area contributed by atoms with E-state index < -0.39 is 0 Å². The number of nitrogens with one attached hydrogen (secondary N) is 3. The van der Waals surface area contributed by atoms with Crippen LogP contribution in [0.4, 0.5) is 0 Å². The highest BCUT2D eigenvalue weighted by Gasteiger charge is 2.20. The molecule has 0 unspecified atom stereocenters. The first kappa shape index (κ1) is 25.9. The van der Waals surface area contributed by atoms with Gasteiger partial charge in [0.25, 0.3) is 0 Å². The summed E-state index contributed by atoms with van der Waals surface area (Å²) in [5, 5.41) is 14.1. The van der Waals surface area contributed by atoms with Gasteiger partial charge in [-0.05, 0) is 38.5 Å². The predicted molar refractivity (Wildman–Crippen MR) is 134 cm³/mol. The van der Waals surface area contributed by atoms with Crippen molar-refractivity contribution >= 4 is 35.8 Å². The van der Waals surface area contributed by atoms with E-state index in [1.807, 2.05) is 51.4 Å². The summed E-state index contributed by atoms with van der Waals surface area (Å²) in [4.78, 5) is 16.7. The van der Waals surface area contributed by atoms with E-state index in [1.54, 1.807) is 0 Å². The second-order valence-electron chi connectivity index (χ2n) is 8.10. The molecule has 0 spiro atoms. The number of rotatable bonds is 7. The van der Waals surface area contributed by atoms with Crippen molar-refractivity contribution in [1.29, 1.82) is 0 Å². The molecule has 1 aromatic carbocycles. The highest BCUT2D eigenvalue weighted by atomic mass is 127. The van der Waals surface area contributed by atoms with Crippen LogP contribution >= 0.6 is 24.0 Å². The van der Waals surface area contributed by atoms with Crippen LogP contribution in [0, 0.1) is 19.3 Å². The zero-order valence-corrected chi connectivity index (χ0v) is 21.2. The van der Waals surface area contributed by atoms with E-state index in [-0.39, 0.29) is 35.3 Å². The lowest BCUT2D eigenvalue weighted by Gasteiger charge is -2.18. The largest absolute Gasteiger partial charge is 0.357 e. The summed E-state index contributed by atoms with van der Waals surface area (Å²) >= 11 is 0. The van der Waals surface area contributed by atoms with Gasteiger partial charge in [0.2, 0.25) is 5.91 Å². The summed E-state index contributed by atoms with van der Waals surface area (Å²) in [6.07, 6.45) is 0. The van der Waals surface area contributed by atoms with Gasteiger partial charge in [-0.25, -0.2) is 9.67 Å². The maximum absolute atomic E-state index is 12.0. The molecule has 0 saturated heterocycles. The maximum atomic E-state index is 12.0. The maximum Gasteiger partial charge on any atom is 0.225 e. The van der Waals surface area contributed by atoms with E-state index in [1.165, 1.54) is 0 Å². The zero-order valence-electron chi connectivity index (χ0n) is 18.9. The molecule has 0 aliphatic carbocycles. The summed E-state index contributed by atoms with van der Waals surface area (Å²) in [6.45, 7) is 14.2. The number of hydrogen-bond donors (Lipinski definition) is 3. The topological polar surface area (TPSA) is 83.3 Å². The van der Waals surface area contributed by atoms with E-state index in [2.05, 4.69) is 46.2 Å². The Bertz CT molecular complexity index is 854. The molecule has 0 atom stereocenters. The molecule has 7 nitrogen and oxygen atoms in total.